The minimum absolute atomic E-state index is 0.0804. The maximum absolute atomic E-state index is 11.0. The Morgan fingerprint density at radius 1 is 1.38 bits per heavy atom. The molecule has 0 aliphatic heterocycles. The lowest BCUT2D eigenvalue weighted by Gasteiger charge is -2.07. The maximum Gasteiger partial charge on any atom is 0.338 e. The molecule has 1 aromatic rings. The predicted molar refractivity (Wildman–Crippen MR) is 59.0 cm³/mol. The minimum atomic E-state index is -1.09. The Labute approximate surface area is 96.5 Å². The molecule has 16 heavy (non-hydrogen) atoms. The molecule has 0 aromatic carbocycles. The van der Waals surface area contributed by atoms with E-state index in [0.29, 0.717) is 11.3 Å². The number of aromatic carboxylic acids is 1. The van der Waals surface area contributed by atoms with Crippen LogP contribution in [0.25, 0.3) is 0 Å². The highest BCUT2D eigenvalue weighted by Gasteiger charge is 2.16. The summed E-state index contributed by atoms with van der Waals surface area (Å²) in [6, 6.07) is 1.66. The van der Waals surface area contributed by atoms with Crippen LogP contribution >= 0.6 is 11.8 Å². The van der Waals surface area contributed by atoms with Gasteiger partial charge in [0, 0.05) is 5.69 Å². The Morgan fingerprint density at radius 2 is 2.00 bits per heavy atom. The van der Waals surface area contributed by atoms with E-state index in [0.717, 1.165) is 11.8 Å². The molecule has 0 saturated carbocycles. The van der Waals surface area contributed by atoms with Gasteiger partial charge in [0.05, 0.1) is 11.3 Å². The number of aryl methyl sites for hydroxylation is 2. The minimum Gasteiger partial charge on any atom is -0.481 e. The van der Waals surface area contributed by atoms with Gasteiger partial charge in [-0.1, -0.05) is 11.8 Å². The summed E-state index contributed by atoms with van der Waals surface area (Å²) in [6.45, 7) is 3.41. The monoisotopic (exact) mass is 241 g/mol. The topological polar surface area (TPSA) is 87.5 Å². The molecule has 0 aliphatic carbocycles. The number of carbonyl (C=O) groups is 2. The molecule has 0 fully saturated rings. The fourth-order valence-electron chi connectivity index (χ4n) is 1.30. The van der Waals surface area contributed by atoms with Crippen LogP contribution in [0.3, 0.4) is 0 Å². The lowest BCUT2D eigenvalue weighted by atomic mass is 10.1. The fraction of sp³-hybridized carbons (Fsp3) is 0.300. The van der Waals surface area contributed by atoms with Crippen molar-refractivity contribution in [3.05, 3.63) is 22.9 Å². The maximum atomic E-state index is 11.0. The van der Waals surface area contributed by atoms with E-state index in [4.69, 9.17) is 10.2 Å². The summed E-state index contributed by atoms with van der Waals surface area (Å²) in [5.74, 6) is -2.28. The molecule has 0 radical (unpaired) electrons. The first-order chi connectivity index (χ1) is 7.41. The molecular formula is C10H11NO4S. The van der Waals surface area contributed by atoms with Crippen molar-refractivity contribution in [3.63, 3.8) is 0 Å². The van der Waals surface area contributed by atoms with Gasteiger partial charge in [0.2, 0.25) is 0 Å². The fourth-order valence-corrected chi connectivity index (χ4v) is 2.16. The lowest BCUT2D eigenvalue weighted by Crippen LogP contribution is -2.07. The second-order valence-corrected chi connectivity index (χ2v) is 4.21. The molecular weight excluding hydrogens is 230 g/mol. The standard InChI is InChI=1S/C10H11NO4S/c1-5-3-6(2)11-9(8(5)10(14)15)16-4-7(12)13/h3H,4H2,1-2H3,(H,12,13)(H,14,15). The van der Waals surface area contributed by atoms with Gasteiger partial charge in [-0.25, -0.2) is 9.78 Å². The predicted octanol–water partition coefficient (Wildman–Crippen LogP) is 1.57. The number of aliphatic carboxylic acids is 1. The lowest BCUT2D eigenvalue weighted by molar-refractivity contribution is -0.133. The van der Waals surface area contributed by atoms with Crippen LogP contribution in [0.4, 0.5) is 0 Å². The van der Waals surface area contributed by atoms with Gasteiger partial charge >= 0.3 is 11.9 Å². The van der Waals surface area contributed by atoms with Gasteiger partial charge in [-0.05, 0) is 25.5 Å². The molecule has 1 aromatic heterocycles. The Morgan fingerprint density at radius 3 is 2.50 bits per heavy atom. The number of carboxylic acids is 2. The molecule has 0 aliphatic rings. The third kappa shape index (κ3) is 2.96. The van der Waals surface area contributed by atoms with Crippen molar-refractivity contribution >= 4 is 23.7 Å². The van der Waals surface area contributed by atoms with Crippen LogP contribution in [0, 0.1) is 13.8 Å². The van der Waals surface area contributed by atoms with Gasteiger partial charge in [0.1, 0.15) is 5.03 Å². The zero-order valence-electron chi connectivity index (χ0n) is 8.85. The number of rotatable bonds is 4. The van der Waals surface area contributed by atoms with Crippen LogP contribution in [-0.4, -0.2) is 32.9 Å². The average Bonchev–Trinajstić information content (AvgIpc) is 2.12. The second-order valence-electron chi connectivity index (χ2n) is 3.25. The molecule has 0 atom stereocenters. The first kappa shape index (κ1) is 12.5. The number of nitrogens with zero attached hydrogens (tertiary/aromatic N) is 1. The molecule has 2 N–H and O–H groups in total. The van der Waals surface area contributed by atoms with Crippen molar-refractivity contribution in [2.24, 2.45) is 0 Å². The summed E-state index contributed by atoms with van der Waals surface area (Å²) in [7, 11) is 0. The van der Waals surface area contributed by atoms with Crippen molar-refractivity contribution in [3.8, 4) is 0 Å². The number of aromatic nitrogens is 1. The number of carboxylic acid groups (broad SMARTS) is 2. The van der Waals surface area contributed by atoms with Crippen LogP contribution in [0.5, 0.6) is 0 Å². The first-order valence-corrected chi connectivity index (χ1v) is 5.46. The van der Waals surface area contributed by atoms with Crippen molar-refractivity contribution in [1.82, 2.24) is 4.98 Å². The highest BCUT2D eigenvalue weighted by atomic mass is 32.2. The Hall–Kier alpha value is -1.56. The Bertz CT molecular complexity index is 445. The summed E-state index contributed by atoms with van der Waals surface area (Å²) < 4.78 is 0. The van der Waals surface area contributed by atoms with Crippen LogP contribution in [0.2, 0.25) is 0 Å². The van der Waals surface area contributed by atoms with E-state index < -0.39 is 11.9 Å². The van der Waals surface area contributed by atoms with Crippen LogP contribution in [-0.2, 0) is 4.79 Å². The summed E-state index contributed by atoms with van der Waals surface area (Å²) in [4.78, 5) is 25.5. The van der Waals surface area contributed by atoms with Gasteiger partial charge in [-0.2, -0.15) is 0 Å². The molecule has 1 rings (SSSR count). The van der Waals surface area contributed by atoms with E-state index in [2.05, 4.69) is 4.98 Å². The van der Waals surface area contributed by atoms with Crippen molar-refractivity contribution in [2.75, 3.05) is 5.75 Å². The third-order valence-electron chi connectivity index (χ3n) is 1.86. The van der Waals surface area contributed by atoms with Gasteiger partial charge in [-0.15, -0.1) is 0 Å². The molecule has 6 heteroatoms. The first-order valence-electron chi connectivity index (χ1n) is 4.48. The van der Waals surface area contributed by atoms with Gasteiger partial charge in [0.15, 0.2) is 0 Å². The van der Waals surface area contributed by atoms with Crippen LogP contribution in [0.1, 0.15) is 21.6 Å². The number of thioether (sulfide) groups is 1. The third-order valence-corrected chi connectivity index (χ3v) is 2.82. The SMILES string of the molecule is Cc1cc(C)c(C(=O)O)c(SCC(=O)O)n1. The Balaban J connectivity index is 3.13. The van der Waals surface area contributed by atoms with Gasteiger partial charge in [-0.3, -0.25) is 4.79 Å². The number of hydrogen-bond acceptors (Lipinski definition) is 4. The molecule has 0 saturated heterocycles. The number of pyridine rings is 1. The quantitative estimate of drug-likeness (QED) is 0.778. The van der Waals surface area contributed by atoms with E-state index in [1.54, 1.807) is 19.9 Å². The molecule has 0 amide bonds. The van der Waals surface area contributed by atoms with E-state index in [9.17, 15) is 9.59 Å². The van der Waals surface area contributed by atoms with Crippen LogP contribution in [0.15, 0.2) is 11.1 Å². The van der Waals surface area contributed by atoms with Crippen molar-refractivity contribution < 1.29 is 19.8 Å². The average molecular weight is 241 g/mol. The smallest absolute Gasteiger partial charge is 0.338 e. The summed E-state index contributed by atoms with van der Waals surface area (Å²) in [5.41, 5.74) is 1.35. The van der Waals surface area contributed by atoms with E-state index in [-0.39, 0.29) is 16.3 Å². The summed E-state index contributed by atoms with van der Waals surface area (Å²) in [5, 5.41) is 17.8. The van der Waals surface area contributed by atoms with E-state index in [1.165, 1.54) is 0 Å². The number of hydrogen-bond donors (Lipinski definition) is 2. The second kappa shape index (κ2) is 4.98. The summed E-state index contributed by atoms with van der Waals surface area (Å²) >= 11 is 0.920. The zero-order valence-corrected chi connectivity index (χ0v) is 9.67. The molecule has 86 valence electrons. The normalized spacial score (nSPS) is 10.1. The van der Waals surface area contributed by atoms with Crippen LogP contribution < -0.4 is 0 Å². The molecule has 0 unspecified atom stereocenters. The van der Waals surface area contributed by atoms with Gasteiger partial charge < -0.3 is 10.2 Å². The van der Waals surface area contributed by atoms with Crippen molar-refractivity contribution in [1.29, 1.82) is 0 Å². The molecule has 5 nitrogen and oxygen atoms in total. The van der Waals surface area contributed by atoms with Gasteiger partial charge in [0.25, 0.3) is 0 Å². The summed E-state index contributed by atoms with van der Waals surface area (Å²) in [6.07, 6.45) is 0. The largest absolute Gasteiger partial charge is 0.481 e. The van der Waals surface area contributed by atoms with E-state index >= 15 is 0 Å². The zero-order chi connectivity index (χ0) is 12.3. The molecule has 0 bridgehead atoms. The highest BCUT2D eigenvalue weighted by molar-refractivity contribution is 8.00. The molecule has 1 heterocycles. The molecule has 0 spiro atoms. The highest BCUT2D eigenvalue weighted by Crippen LogP contribution is 2.24. The van der Waals surface area contributed by atoms with Crippen molar-refractivity contribution in [2.45, 2.75) is 18.9 Å². The Kier molecular flexibility index (Phi) is 3.89. The van der Waals surface area contributed by atoms with E-state index in [1.807, 2.05) is 0 Å².